The number of hydrogen-bond donors (Lipinski definition) is 1. The molecule has 0 bridgehead atoms. The second kappa shape index (κ2) is 5.82. The summed E-state index contributed by atoms with van der Waals surface area (Å²) in [4.78, 5) is 14.0. The second-order valence-corrected chi connectivity index (χ2v) is 5.86. The molecule has 5 nitrogen and oxygen atoms in total. The molecule has 0 aliphatic rings. The highest BCUT2D eigenvalue weighted by atomic mass is 32.1. The predicted molar refractivity (Wildman–Crippen MR) is 75.0 cm³/mol. The van der Waals surface area contributed by atoms with E-state index in [1.165, 1.54) is 11.3 Å². The zero-order valence-corrected chi connectivity index (χ0v) is 12.2. The molecular weight excluding hydrogens is 300 g/mol. The van der Waals surface area contributed by atoms with E-state index in [0.29, 0.717) is 6.07 Å². The standard InChI is InChI=1S/C13H13F2N3O2S/c1-13(2,12-16-3-4-21-12)17-7-8-5-11(18(19)20)10(15)6-9(8)14/h3-6,17H,7H2,1-2H3. The smallest absolute Gasteiger partial charge is 0.302 e. The number of rotatable bonds is 5. The third-order valence-corrected chi connectivity index (χ3v) is 4.10. The Kier molecular flexibility index (Phi) is 4.29. The molecule has 0 saturated carbocycles. The summed E-state index contributed by atoms with van der Waals surface area (Å²) in [5.74, 6) is -2.00. The largest absolute Gasteiger partial charge is 0.305 e. The fourth-order valence-corrected chi connectivity index (χ4v) is 2.52. The van der Waals surface area contributed by atoms with Crippen molar-refractivity contribution in [1.82, 2.24) is 10.3 Å². The Morgan fingerprint density at radius 3 is 2.67 bits per heavy atom. The first-order valence-corrected chi connectivity index (χ1v) is 6.96. The van der Waals surface area contributed by atoms with Gasteiger partial charge >= 0.3 is 5.69 Å². The maximum absolute atomic E-state index is 13.7. The molecule has 1 heterocycles. The van der Waals surface area contributed by atoms with Gasteiger partial charge in [0.1, 0.15) is 10.8 Å². The molecule has 0 aliphatic carbocycles. The van der Waals surface area contributed by atoms with E-state index in [1.54, 1.807) is 6.20 Å². The van der Waals surface area contributed by atoms with Crippen molar-refractivity contribution in [1.29, 1.82) is 0 Å². The van der Waals surface area contributed by atoms with Crippen LogP contribution in [0, 0.1) is 21.7 Å². The van der Waals surface area contributed by atoms with Crippen LogP contribution in [-0.4, -0.2) is 9.91 Å². The zero-order valence-electron chi connectivity index (χ0n) is 11.4. The van der Waals surface area contributed by atoms with Gasteiger partial charge in [0.25, 0.3) is 0 Å². The van der Waals surface area contributed by atoms with Gasteiger partial charge in [0.2, 0.25) is 5.82 Å². The summed E-state index contributed by atoms with van der Waals surface area (Å²) in [7, 11) is 0. The predicted octanol–water partition coefficient (Wildman–Crippen LogP) is 3.35. The van der Waals surface area contributed by atoms with Crippen molar-refractivity contribution in [3.8, 4) is 0 Å². The fraction of sp³-hybridized carbons (Fsp3) is 0.308. The highest BCUT2D eigenvalue weighted by Crippen LogP contribution is 2.25. The maximum atomic E-state index is 13.7. The molecule has 112 valence electrons. The van der Waals surface area contributed by atoms with E-state index in [4.69, 9.17) is 0 Å². The number of nitro benzene ring substituents is 1. The molecule has 8 heteroatoms. The van der Waals surface area contributed by atoms with Crippen LogP contribution < -0.4 is 5.32 Å². The minimum absolute atomic E-state index is 0.0273. The van der Waals surface area contributed by atoms with Gasteiger partial charge in [0.15, 0.2) is 0 Å². The number of benzene rings is 1. The molecule has 21 heavy (non-hydrogen) atoms. The molecule has 0 unspecified atom stereocenters. The Hall–Kier alpha value is -1.93. The average molecular weight is 313 g/mol. The molecule has 1 aromatic carbocycles. The van der Waals surface area contributed by atoms with Gasteiger partial charge in [0, 0.05) is 35.8 Å². The molecule has 0 amide bonds. The van der Waals surface area contributed by atoms with E-state index < -0.39 is 27.8 Å². The minimum atomic E-state index is -1.18. The van der Waals surface area contributed by atoms with Gasteiger partial charge in [-0.1, -0.05) is 0 Å². The summed E-state index contributed by atoms with van der Waals surface area (Å²) in [6.07, 6.45) is 1.66. The van der Waals surface area contributed by atoms with Gasteiger partial charge in [-0.15, -0.1) is 11.3 Å². The number of nitrogens with one attached hydrogen (secondary N) is 1. The topological polar surface area (TPSA) is 68.1 Å². The van der Waals surface area contributed by atoms with Crippen LogP contribution in [0.2, 0.25) is 0 Å². The van der Waals surface area contributed by atoms with Crippen molar-refractivity contribution in [2.75, 3.05) is 0 Å². The van der Waals surface area contributed by atoms with Gasteiger partial charge < -0.3 is 5.32 Å². The Labute approximate surface area is 123 Å². The normalized spacial score (nSPS) is 11.6. The zero-order chi connectivity index (χ0) is 15.6. The number of nitro groups is 1. The molecule has 0 fully saturated rings. The lowest BCUT2D eigenvalue weighted by molar-refractivity contribution is -0.387. The molecule has 1 aromatic heterocycles. The molecule has 1 N–H and O–H groups in total. The maximum Gasteiger partial charge on any atom is 0.305 e. The van der Waals surface area contributed by atoms with Crippen LogP contribution in [0.15, 0.2) is 23.7 Å². The molecule has 0 aliphatic heterocycles. The van der Waals surface area contributed by atoms with Gasteiger partial charge in [-0.05, 0) is 13.8 Å². The van der Waals surface area contributed by atoms with Crippen LogP contribution in [-0.2, 0) is 12.1 Å². The molecule has 2 aromatic rings. The first kappa shape index (κ1) is 15.5. The molecule has 0 atom stereocenters. The van der Waals surface area contributed by atoms with Crippen LogP contribution in [0.1, 0.15) is 24.4 Å². The van der Waals surface area contributed by atoms with Crippen LogP contribution >= 0.6 is 11.3 Å². The first-order valence-electron chi connectivity index (χ1n) is 6.08. The molecule has 2 rings (SSSR count). The second-order valence-electron chi connectivity index (χ2n) is 4.97. The Bertz CT molecular complexity index is 660. The molecule has 0 radical (unpaired) electrons. The lowest BCUT2D eigenvalue weighted by Gasteiger charge is -2.24. The Morgan fingerprint density at radius 1 is 1.38 bits per heavy atom. The Morgan fingerprint density at radius 2 is 2.10 bits per heavy atom. The van der Waals surface area contributed by atoms with Gasteiger partial charge in [-0.25, -0.2) is 9.37 Å². The monoisotopic (exact) mass is 313 g/mol. The lowest BCUT2D eigenvalue weighted by atomic mass is 10.1. The van der Waals surface area contributed by atoms with Gasteiger partial charge in [0.05, 0.1) is 10.5 Å². The highest BCUT2D eigenvalue weighted by molar-refractivity contribution is 7.09. The van der Waals surface area contributed by atoms with E-state index in [-0.39, 0.29) is 12.1 Å². The summed E-state index contributed by atoms with van der Waals surface area (Å²) < 4.78 is 27.0. The first-order chi connectivity index (χ1) is 9.81. The quantitative estimate of drug-likeness (QED) is 0.679. The highest BCUT2D eigenvalue weighted by Gasteiger charge is 2.24. The lowest BCUT2D eigenvalue weighted by Crippen LogP contribution is -2.36. The summed E-state index contributed by atoms with van der Waals surface area (Å²) in [6, 6.07) is 1.45. The van der Waals surface area contributed by atoms with E-state index in [0.717, 1.165) is 11.1 Å². The van der Waals surface area contributed by atoms with E-state index in [9.17, 15) is 18.9 Å². The minimum Gasteiger partial charge on any atom is -0.302 e. The summed E-state index contributed by atoms with van der Waals surface area (Å²) in [6.45, 7) is 3.75. The fourth-order valence-electron chi connectivity index (χ4n) is 1.78. The number of hydrogen-bond acceptors (Lipinski definition) is 5. The van der Waals surface area contributed by atoms with Crippen LogP contribution in [0.5, 0.6) is 0 Å². The van der Waals surface area contributed by atoms with Crippen LogP contribution in [0.25, 0.3) is 0 Å². The molecule has 0 spiro atoms. The van der Waals surface area contributed by atoms with Crippen molar-refractivity contribution >= 4 is 17.0 Å². The third-order valence-electron chi connectivity index (χ3n) is 3.00. The molecule has 0 saturated heterocycles. The average Bonchev–Trinajstić information content (AvgIpc) is 2.91. The van der Waals surface area contributed by atoms with Gasteiger partial charge in [-0.3, -0.25) is 10.1 Å². The van der Waals surface area contributed by atoms with Gasteiger partial charge in [-0.2, -0.15) is 4.39 Å². The number of nitrogens with zero attached hydrogens (tertiary/aromatic N) is 2. The third kappa shape index (κ3) is 3.40. The van der Waals surface area contributed by atoms with E-state index in [1.807, 2.05) is 19.2 Å². The van der Waals surface area contributed by atoms with Crippen molar-refractivity contribution in [3.63, 3.8) is 0 Å². The molecular formula is C13H13F2N3O2S. The number of thiazole rings is 1. The summed E-state index contributed by atoms with van der Waals surface area (Å²) in [5, 5.41) is 16.4. The van der Waals surface area contributed by atoms with Crippen molar-refractivity contribution < 1.29 is 13.7 Å². The van der Waals surface area contributed by atoms with E-state index in [2.05, 4.69) is 10.3 Å². The summed E-state index contributed by atoms with van der Waals surface area (Å²) in [5.41, 5.74) is -1.22. The van der Waals surface area contributed by atoms with Crippen molar-refractivity contribution in [3.05, 3.63) is 56.0 Å². The van der Waals surface area contributed by atoms with Crippen molar-refractivity contribution in [2.45, 2.75) is 25.9 Å². The van der Waals surface area contributed by atoms with E-state index >= 15 is 0 Å². The SMILES string of the molecule is CC(C)(NCc1cc([N+](=O)[O-])c(F)cc1F)c1nccs1. The number of aromatic nitrogens is 1. The Balaban J connectivity index is 2.20. The van der Waals surface area contributed by atoms with Crippen LogP contribution in [0.4, 0.5) is 14.5 Å². The van der Waals surface area contributed by atoms with Crippen LogP contribution in [0.3, 0.4) is 0 Å². The number of halogens is 2. The summed E-state index contributed by atoms with van der Waals surface area (Å²) >= 11 is 1.44. The van der Waals surface area contributed by atoms with Crippen molar-refractivity contribution in [2.24, 2.45) is 0 Å².